The second kappa shape index (κ2) is 9.38. The van der Waals surface area contributed by atoms with Crippen LogP contribution in [0.3, 0.4) is 0 Å². The summed E-state index contributed by atoms with van der Waals surface area (Å²) in [6.45, 7) is 3.19. The summed E-state index contributed by atoms with van der Waals surface area (Å²) in [5.74, 6) is -2.38. The van der Waals surface area contributed by atoms with E-state index in [0.717, 1.165) is 21.6 Å². The molecule has 0 spiro atoms. The number of benzene rings is 2. The lowest BCUT2D eigenvalue weighted by molar-refractivity contribution is -0.132. The molecule has 0 aromatic heterocycles. The van der Waals surface area contributed by atoms with Crippen LogP contribution >= 0.6 is 21.6 Å². The molecule has 6 nitrogen and oxygen atoms in total. The molecule has 146 valence electrons. The first kappa shape index (κ1) is 21.5. The molecule has 0 aliphatic carbocycles. The Balaban J connectivity index is 2.39. The Hall–Kier alpha value is -2.84. The van der Waals surface area contributed by atoms with Gasteiger partial charge >= 0.3 is 11.9 Å². The van der Waals surface area contributed by atoms with Crippen LogP contribution in [0.1, 0.15) is 25.0 Å². The lowest BCUT2D eigenvalue weighted by Gasteiger charge is -2.11. The minimum absolute atomic E-state index is 0.00472. The second-order valence-electron chi connectivity index (χ2n) is 5.79. The van der Waals surface area contributed by atoms with Gasteiger partial charge in [-0.3, -0.25) is 0 Å². The highest BCUT2D eigenvalue weighted by atomic mass is 33.1. The number of hydrogen-bond donors (Lipinski definition) is 4. The quantitative estimate of drug-likeness (QED) is 0.374. The maximum absolute atomic E-state index is 11.7. The molecule has 2 rings (SSSR count). The Morgan fingerprint density at radius 3 is 1.36 bits per heavy atom. The molecule has 0 saturated heterocycles. The van der Waals surface area contributed by atoms with Crippen LogP contribution in [0.15, 0.2) is 58.3 Å². The van der Waals surface area contributed by atoms with E-state index in [1.54, 1.807) is 38.1 Å². The molecule has 0 heterocycles. The molecule has 0 aliphatic rings. The first-order chi connectivity index (χ1) is 13.2. The number of hydrogen-bond acceptors (Lipinski definition) is 6. The fourth-order valence-electron chi connectivity index (χ4n) is 2.34. The van der Waals surface area contributed by atoms with E-state index in [1.165, 1.54) is 24.3 Å². The van der Waals surface area contributed by atoms with Gasteiger partial charge in [-0.25, -0.2) is 9.59 Å². The zero-order valence-corrected chi connectivity index (χ0v) is 16.7. The van der Waals surface area contributed by atoms with Crippen molar-refractivity contribution >= 4 is 44.7 Å². The predicted octanol–water partition coefficient (Wildman–Crippen LogP) is 4.81. The standard InChI is InChI=1S/C20H18O6S2/c1-11(13-5-3-7-15(21)9-13)17(19(23)24)27-28-18(20(25)26)12(2)14-6-4-8-16(22)10-14/h3-10,21-22H,1-2H3,(H,23,24)(H,25,26)/b17-11+,18-12+. The van der Waals surface area contributed by atoms with Gasteiger partial charge in [0, 0.05) is 0 Å². The summed E-state index contributed by atoms with van der Waals surface area (Å²) in [7, 11) is 1.63. The molecule has 8 heteroatoms. The number of carbonyl (C=O) groups is 2. The number of aromatic hydroxyl groups is 2. The van der Waals surface area contributed by atoms with E-state index in [0.29, 0.717) is 22.3 Å². The molecule has 0 unspecified atom stereocenters. The van der Waals surface area contributed by atoms with E-state index in [-0.39, 0.29) is 21.3 Å². The molecular weight excluding hydrogens is 400 g/mol. The number of carboxylic acids is 2. The Morgan fingerprint density at radius 1 is 0.714 bits per heavy atom. The van der Waals surface area contributed by atoms with Gasteiger partial charge in [0.25, 0.3) is 0 Å². The van der Waals surface area contributed by atoms with Crippen molar-refractivity contribution < 1.29 is 30.0 Å². The minimum Gasteiger partial charge on any atom is -0.508 e. The van der Waals surface area contributed by atoms with Crippen molar-refractivity contribution in [1.82, 2.24) is 0 Å². The zero-order chi connectivity index (χ0) is 20.8. The summed E-state index contributed by atoms with van der Waals surface area (Å²) >= 11 is 0. The molecule has 2 aromatic carbocycles. The van der Waals surface area contributed by atoms with Crippen LogP contribution in [0.25, 0.3) is 11.1 Å². The molecule has 0 radical (unpaired) electrons. The highest BCUT2D eigenvalue weighted by molar-refractivity contribution is 8.80. The lowest BCUT2D eigenvalue weighted by atomic mass is 10.1. The third-order valence-electron chi connectivity index (χ3n) is 3.84. The topological polar surface area (TPSA) is 115 Å². The molecule has 0 aliphatic heterocycles. The number of carboxylic acid groups (broad SMARTS) is 2. The van der Waals surface area contributed by atoms with Crippen molar-refractivity contribution in [2.75, 3.05) is 0 Å². The predicted molar refractivity (Wildman–Crippen MR) is 112 cm³/mol. The van der Waals surface area contributed by atoms with Gasteiger partial charge in [-0.2, -0.15) is 0 Å². The molecule has 0 atom stereocenters. The second-order valence-corrected chi connectivity index (χ2v) is 7.94. The largest absolute Gasteiger partial charge is 0.508 e. The molecule has 28 heavy (non-hydrogen) atoms. The number of phenolic OH excluding ortho intramolecular Hbond substituents is 2. The normalized spacial score (nSPS) is 12.8. The van der Waals surface area contributed by atoms with Crippen LogP contribution in [-0.2, 0) is 9.59 Å². The molecule has 0 bridgehead atoms. The Bertz CT molecular complexity index is 899. The van der Waals surface area contributed by atoms with Crippen LogP contribution in [0.4, 0.5) is 0 Å². The number of rotatable bonds is 7. The monoisotopic (exact) mass is 418 g/mol. The van der Waals surface area contributed by atoms with Gasteiger partial charge in [0.15, 0.2) is 0 Å². The lowest BCUT2D eigenvalue weighted by Crippen LogP contribution is -2.02. The van der Waals surface area contributed by atoms with Gasteiger partial charge in [-0.15, -0.1) is 0 Å². The van der Waals surface area contributed by atoms with Gasteiger partial charge in [0.2, 0.25) is 0 Å². The van der Waals surface area contributed by atoms with Gasteiger partial charge in [0.05, 0.1) is 0 Å². The minimum atomic E-state index is -1.20. The van der Waals surface area contributed by atoms with Crippen molar-refractivity contribution in [1.29, 1.82) is 0 Å². The average molecular weight is 418 g/mol. The van der Waals surface area contributed by atoms with Crippen LogP contribution in [0.2, 0.25) is 0 Å². The summed E-state index contributed by atoms with van der Waals surface area (Å²) in [5.41, 5.74) is 1.86. The third-order valence-corrected chi connectivity index (χ3v) is 6.46. The van der Waals surface area contributed by atoms with Crippen LogP contribution < -0.4 is 0 Å². The molecular formula is C20H18O6S2. The molecule has 0 saturated carbocycles. The van der Waals surface area contributed by atoms with Crippen molar-refractivity contribution in [3.8, 4) is 11.5 Å². The van der Waals surface area contributed by atoms with E-state index >= 15 is 0 Å². The Kier molecular flexibility index (Phi) is 7.19. The third kappa shape index (κ3) is 5.34. The maximum atomic E-state index is 11.7. The zero-order valence-electron chi connectivity index (χ0n) is 15.0. The fourth-order valence-corrected chi connectivity index (χ4v) is 4.81. The van der Waals surface area contributed by atoms with E-state index in [9.17, 15) is 30.0 Å². The SMILES string of the molecule is C/C(=C(\SS/C(C(=O)O)=C(\C)c1cccc(O)c1)C(=O)O)c1cccc(O)c1. The smallest absolute Gasteiger partial charge is 0.343 e. The first-order valence-electron chi connectivity index (χ1n) is 8.02. The van der Waals surface area contributed by atoms with Gasteiger partial charge < -0.3 is 20.4 Å². The Labute approximate surface area is 169 Å². The van der Waals surface area contributed by atoms with Crippen molar-refractivity contribution in [3.05, 3.63) is 69.5 Å². The summed E-state index contributed by atoms with van der Waals surface area (Å²) in [6, 6.07) is 12.3. The maximum Gasteiger partial charge on any atom is 0.343 e. The van der Waals surface area contributed by atoms with Crippen molar-refractivity contribution in [2.45, 2.75) is 13.8 Å². The van der Waals surface area contributed by atoms with Crippen LogP contribution in [0.5, 0.6) is 11.5 Å². The number of aliphatic carboxylic acids is 2. The van der Waals surface area contributed by atoms with Gasteiger partial charge in [0.1, 0.15) is 21.3 Å². The fraction of sp³-hybridized carbons (Fsp3) is 0.100. The number of allylic oxidation sites excluding steroid dienone is 2. The van der Waals surface area contributed by atoms with Crippen molar-refractivity contribution in [3.63, 3.8) is 0 Å². The summed E-state index contributed by atoms with van der Waals surface area (Å²) in [6.07, 6.45) is 0. The highest BCUT2D eigenvalue weighted by Crippen LogP contribution is 2.43. The molecule has 2 aromatic rings. The average Bonchev–Trinajstić information content (AvgIpc) is 2.63. The number of phenols is 2. The highest BCUT2D eigenvalue weighted by Gasteiger charge is 2.20. The van der Waals surface area contributed by atoms with Crippen molar-refractivity contribution in [2.24, 2.45) is 0 Å². The van der Waals surface area contributed by atoms with E-state index in [2.05, 4.69) is 0 Å². The summed E-state index contributed by atoms with van der Waals surface area (Å²) < 4.78 is 0. The van der Waals surface area contributed by atoms with Crippen LogP contribution in [-0.4, -0.2) is 32.4 Å². The van der Waals surface area contributed by atoms with E-state index in [1.807, 2.05) is 0 Å². The summed E-state index contributed by atoms with van der Waals surface area (Å²) in [4.78, 5) is 23.3. The molecule has 0 fully saturated rings. The van der Waals surface area contributed by atoms with Gasteiger partial charge in [-0.05, 0) is 82.0 Å². The molecule has 0 amide bonds. The first-order valence-corrected chi connectivity index (χ1v) is 10.2. The van der Waals surface area contributed by atoms with Gasteiger partial charge in [-0.1, -0.05) is 24.3 Å². The van der Waals surface area contributed by atoms with E-state index < -0.39 is 11.9 Å². The Morgan fingerprint density at radius 2 is 1.07 bits per heavy atom. The van der Waals surface area contributed by atoms with E-state index in [4.69, 9.17) is 0 Å². The summed E-state index contributed by atoms with van der Waals surface area (Å²) in [5, 5.41) is 38.3. The van der Waals surface area contributed by atoms with Crippen LogP contribution in [0, 0.1) is 0 Å². The molecule has 4 N–H and O–H groups in total.